The zero-order valence-corrected chi connectivity index (χ0v) is 18.3. The summed E-state index contributed by atoms with van der Waals surface area (Å²) in [5.41, 5.74) is 1.34. The van der Waals surface area contributed by atoms with Gasteiger partial charge in [0.1, 0.15) is 11.5 Å². The molecule has 0 aromatic heterocycles. The molecule has 2 fully saturated rings. The molecule has 0 bridgehead atoms. The molecule has 0 aliphatic carbocycles. The molecule has 2 aliphatic heterocycles. The zero-order chi connectivity index (χ0) is 22.8. The first kappa shape index (κ1) is 21.6. The van der Waals surface area contributed by atoms with Gasteiger partial charge < -0.3 is 10.1 Å². The molecule has 1 amide bonds. The summed E-state index contributed by atoms with van der Waals surface area (Å²) >= 11 is 0. The van der Waals surface area contributed by atoms with E-state index in [1.165, 1.54) is 12.1 Å². The number of hydrogen-bond acceptors (Lipinski definition) is 3. The fourth-order valence-corrected chi connectivity index (χ4v) is 5.22. The number of nitrogens with one attached hydrogen (secondary N) is 1. The Morgan fingerprint density at radius 3 is 2.58 bits per heavy atom. The Kier molecular flexibility index (Phi) is 5.85. The van der Waals surface area contributed by atoms with E-state index in [0.29, 0.717) is 26.1 Å². The van der Waals surface area contributed by atoms with Gasteiger partial charge in [0.15, 0.2) is 11.6 Å². The second-order valence-electron chi connectivity index (χ2n) is 9.02. The number of carbonyl (C=O) groups is 1. The van der Waals surface area contributed by atoms with Crippen LogP contribution in [0.5, 0.6) is 11.5 Å². The first-order valence-electron chi connectivity index (χ1n) is 11.3. The highest BCUT2D eigenvalue weighted by Gasteiger charge is 2.49. The molecule has 2 heterocycles. The number of ether oxygens (including phenoxy) is 1. The van der Waals surface area contributed by atoms with Crippen molar-refractivity contribution < 1.29 is 18.3 Å². The second-order valence-corrected chi connectivity index (χ2v) is 9.02. The lowest BCUT2D eigenvalue weighted by Gasteiger charge is -2.39. The minimum atomic E-state index is -0.856. The number of nitrogens with zero attached hydrogens (tertiary/aromatic N) is 1. The van der Waals surface area contributed by atoms with Gasteiger partial charge in [0.05, 0.1) is 5.54 Å². The number of amides is 1. The van der Waals surface area contributed by atoms with Gasteiger partial charge in [0.2, 0.25) is 5.91 Å². The molecule has 3 aromatic rings. The van der Waals surface area contributed by atoms with E-state index < -0.39 is 17.2 Å². The summed E-state index contributed by atoms with van der Waals surface area (Å²) in [4.78, 5) is 14.6. The Labute approximate surface area is 192 Å². The van der Waals surface area contributed by atoms with Crippen molar-refractivity contribution in [3.05, 3.63) is 95.6 Å². The van der Waals surface area contributed by atoms with Crippen molar-refractivity contribution in [2.45, 2.75) is 37.3 Å². The molecule has 5 rings (SSSR count). The van der Waals surface area contributed by atoms with Gasteiger partial charge in [-0.1, -0.05) is 36.4 Å². The van der Waals surface area contributed by atoms with E-state index in [-0.39, 0.29) is 11.8 Å². The number of benzene rings is 3. The monoisotopic (exact) mass is 448 g/mol. The van der Waals surface area contributed by atoms with Crippen LogP contribution in [0.3, 0.4) is 0 Å². The minimum Gasteiger partial charge on any atom is -0.457 e. The van der Waals surface area contributed by atoms with Gasteiger partial charge in [-0.05, 0) is 60.4 Å². The highest BCUT2D eigenvalue weighted by molar-refractivity contribution is 5.78. The van der Waals surface area contributed by atoms with Crippen LogP contribution in [0.1, 0.15) is 36.3 Å². The van der Waals surface area contributed by atoms with Crippen molar-refractivity contribution >= 4 is 5.91 Å². The molecular weight excluding hydrogens is 422 g/mol. The average Bonchev–Trinajstić information content (AvgIpc) is 3.13. The predicted molar refractivity (Wildman–Crippen MR) is 122 cm³/mol. The lowest BCUT2D eigenvalue weighted by Crippen LogP contribution is -2.56. The lowest BCUT2D eigenvalue weighted by molar-refractivity contribution is -0.125. The van der Waals surface area contributed by atoms with Gasteiger partial charge in [-0.15, -0.1) is 0 Å². The van der Waals surface area contributed by atoms with E-state index in [1.54, 1.807) is 6.07 Å². The minimum absolute atomic E-state index is 0.0222. The molecule has 4 nitrogen and oxygen atoms in total. The van der Waals surface area contributed by atoms with Crippen LogP contribution in [0.4, 0.5) is 8.78 Å². The van der Waals surface area contributed by atoms with Gasteiger partial charge in [-0.2, -0.15) is 0 Å². The molecule has 0 unspecified atom stereocenters. The molecule has 170 valence electrons. The van der Waals surface area contributed by atoms with Crippen molar-refractivity contribution in [1.82, 2.24) is 10.2 Å². The van der Waals surface area contributed by atoms with Crippen LogP contribution in [0, 0.1) is 11.6 Å². The van der Waals surface area contributed by atoms with Gasteiger partial charge in [0.25, 0.3) is 0 Å². The molecule has 33 heavy (non-hydrogen) atoms. The largest absolute Gasteiger partial charge is 0.457 e. The quantitative estimate of drug-likeness (QED) is 0.569. The highest BCUT2D eigenvalue weighted by Crippen LogP contribution is 2.42. The summed E-state index contributed by atoms with van der Waals surface area (Å²) < 4.78 is 33.6. The van der Waals surface area contributed by atoms with Crippen LogP contribution in [0.25, 0.3) is 0 Å². The lowest BCUT2D eigenvalue weighted by atomic mass is 9.76. The third-order valence-corrected chi connectivity index (χ3v) is 6.66. The zero-order valence-electron chi connectivity index (χ0n) is 18.3. The standard InChI is InChI=1S/C27H26F2N2O2/c28-24-12-11-20(15-25(24)29)23-17-31(18-27(23)13-5-10-26(32)30-27)16-19-6-4-9-22(14-19)33-21-7-2-1-3-8-21/h1-4,6-9,11-12,14-15,23H,5,10,13,16-18H2,(H,30,32)/t23-,27+/m0/s1. The van der Waals surface area contributed by atoms with Crippen molar-refractivity contribution in [3.8, 4) is 11.5 Å². The number of halogens is 2. The number of carbonyl (C=O) groups excluding carboxylic acids is 1. The molecule has 2 atom stereocenters. The van der Waals surface area contributed by atoms with Crippen LogP contribution in [0.2, 0.25) is 0 Å². The van der Waals surface area contributed by atoms with Gasteiger partial charge in [-0.25, -0.2) is 8.78 Å². The smallest absolute Gasteiger partial charge is 0.220 e. The Morgan fingerprint density at radius 1 is 0.970 bits per heavy atom. The molecule has 0 saturated carbocycles. The Bertz CT molecular complexity index is 1150. The number of rotatable bonds is 5. The summed E-state index contributed by atoms with van der Waals surface area (Å²) in [5.74, 6) is -0.261. The maximum Gasteiger partial charge on any atom is 0.220 e. The van der Waals surface area contributed by atoms with Gasteiger partial charge >= 0.3 is 0 Å². The van der Waals surface area contributed by atoms with Crippen LogP contribution < -0.4 is 10.1 Å². The second kappa shape index (κ2) is 8.94. The number of piperidine rings is 1. The Balaban J connectivity index is 1.37. The molecule has 1 spiro atoms. The third kappa shape index (κ3) is 4.62. The van der Waals surface area contributed by atoms with Crippen LogP contribution >= 0.6 is 0 Å². The third-order valence-electron chi connectivity index (χ3n) is 6.66. The molecule has 0 radical (unpaired) electrons. The van der Waals surface area contributed by atoms with Crippen molar-refractivity contribution in [3.63, 3.8) is 0 Å². The van der Waals surface area contributed by atoms with Crippen LogP contribution in [-0.4, -0.2) is 29.4 Å². The van der Waals surface area contributed by atoms with E-state index >= 15 is 0 Å². The predicted octanol–water partition coefficient (Wildman–Crippen LogP) is 5.40. The summed E-state index contributed by atoms with van der Waals surface area (Å²) in [6.45, 7) is 1.98. The number of likely N-dealkylation sites (tertiary alicyclic amines) is 1. The van der Waals surface area contributed by atoms with E-state index in [1.807, 2.05) is 48.5 Å². The summed E-state index contributed by atoms with van der Waals surface area (Å²) in [6.07, 6.45) is 2.11. The summed E-state index contributed by atoms with van der Waals surface area (Å²) in [7, 11) is 0. The Hall–Kier alpha value is -3.25. The van der Waals surface area contributed by atoms with E-state index in [2.05, 4.69) is 16.3 Å². The van der Waals surface area contributed by atoms with Crippen molar-refractivity contribution in [1.29, 1.82) is 0 Å². The topological polar surface area (TPSA) is 41.6 Å². The van der Waals surface area contributed by atoms with Crippen LogP contribution in [0.15, 0.2) is 72.8 Å². The normalized spacial score (nSPS) is 23.0. The first-order chi connectivity index (χ1) is 16.0. The Morgan fingerprint density at radius 2 is 1.79 bits per heavy atom. The van der Waals surface area contributed by atoms with Crippen molar-refractivity contribution in [2.24, 2.45) is 0 Å². The molecule has 1 N–H and O–H groups in total. The molecule has 2 saturated heterocycles. The maximum atomic E-state index is 14.0. The molecule has 6 heteroatoms. The molecule has 3 aromatic carbocycles. The summed E-state index contributed by atoms with van der Waals surface area (Å²) in [5, 5.41) is 3.21. The van der Waals surface area contributed by atoms with E-state index in [9.17, 15) is 13.6 Å². The summed E-state index contributed by atoms with van der Waals surface area (Å²) in [6, 6.07) is 21.7. The first-order valence-corrected chi connectivity index (χ1v) is 11.3. The van der Waals surface area contributed by atoms with E-state index in [4.69, 9.17) is 4.74 Å². The van der Waals surface area contributed by atoms with Gasteiger partial charge in [-0.3, -0.25) is 9.69 Å². The number of para-hydroxylation sites is 1. The molecular formula is C27H26F2N2O2. The highest BCUT2D eigenvalue weighted by atomic mass is 19.2. The van der Waals surface area contributed by atoms with Crippen LogP contribution in [-0.2, 0) is 11.3 Å². The van der Waals surface area contributed by atoms with Gasteiger partial charge in [0, 0.05) is 32.0 Å². The fourth-order valence-electron chi connectivity index (χ4n) is 5.22. The average molecular weight is 449 g/mol. The SMILES string of the molecule is O=C1CCC[C@]2(CN(Cc3cccc(Oc4ccccc4)c3)C[C@H]2c2ccc(F)c(F)c2)N1. The maximum absolute atomic E-state index is 14.0. The molecule has 2 aliphatic rings. The van der Waals surface area contributed by atoms with Crippen molar-refractivity contribution in [2.75, 3.05) is 13.1 Å². The fraction of sp³-hybridized carbons (Fsp3) is 0.296. The van der Waals surface area contributed by atoms with E-state index in [0.717, 1.165) is 35.5 Å². The number of hydrogen-bond donors (Lipinski definition) is 1.